The first-order valence-electron chi connectivity index (χ1n) is 8.15. The van der Waals surface area contributed by atoms with Crippen LogP contribution in [0.5, 0.6) is 11.5 Å². The van der Waals surface area contributed by atoms with Crippen LogP contribution in [-0.2, 0) is 6.61 Å². The van der Waals surface area contributed by atoms with E-state index in [4.69, 9.17) is 9.47 Å². The van der Waals surface area contributed by atoms with E-state index in [0.29, 0.717) is 6.61 Å². The molecule has 1 N–H and O–H groups in total. The fourth-order valence-electron chi connectivity index (χ4n) is 2.57. The smallest absolute Gasteiger partial charge is 0.210 e. The Morgan fingerprint density at radius 1 is 0.885 bits per heavy atom. The zero-order valence-electron chi connectivity index (χ0n) is 14.2. The minimum atomic E-state index is 0.379. The largest absolute Gasteiger partial charge is 0.497 e. The van der Waals surface area contributed by atoms with Crippen molar-refractivity contribution in [1.29, 1.82) is 0 Å². The lowest BCUT2D eigenvalue weighted by Gasteiger charge is -2.07. The summed E-state index contributed by atoms with van der Waals surface area (Å²) in [7, 11) is 1.66. The Hall–Kier alpha value is -3.12. The van der Waals surface area contributed by atoms with Gasteiger partial charge in [-0.2, -0.15) is 0 Å². The molecule has 0 spiro atoms. The van der Waals surface area contributed by atoms with E-state index in [0.717, 1.165) is 38.1 Å². The highest BCUT2D eigenvalue weighted by Crippen LogP contribution is 2.26. The van der Waals surface area contributed by atoms with Crippen LogP contribution < -0.4 is 14.8 Å². The van der Waals surface area contributed by atoms with E-state index in [1.54, 1.807) is 7.11 Å². The highest BCUT2D eigenvalue weighted by Gasteiger charge is 2.06. The quantitative estimate of drug-likeness (QED) is 0.521. The van der Waals surface area contributed by atoms with Gasteiger partial charge in [0.1, 0.15) is 18.1 Å². The number of nitrogens with one attached hydrogen (secondary N) is 1. The van der Waals surface area contributed by atoms with Crippen molar-refractivity contribution < 1.29 is 9.47 Å². The predicted octanol–water partition coefficient (Wildman–Crippen LogP) is 5.02. The Morgan fingerprint density at radius 2 is 1.65 bits per heavy atom. The van der Waals surface area contributed by atoms with Crippen molar-refractivity contribution in [2.24, 2.45) is 0 Å². The summed E-state index contributed by atoms with van der Waals surface area (Å²) in [5, 5.41) is 15.3. The lowest BCUT2D eigenvalue weighted by Crippen LogP contribution is -1.94. The van der Waals surface area contributed by atoms with Crippen molar-refractivity contribution in [3.05, 3.63) is 71.7 Å². The van der Waals surface area contributed by atoms with Crippen LogP contribution in [0.25, 0.3) is 10.8 Å². The number of anilines is 2. The molecule has 0 aliphatic carbocycles. The Morgan fingerprint density at radius 3 is 2.46 bits per heavy atom. The summed E-state index contributed by atoms with van der Waals surface area (Å²) in [6, 6.07) is 21.9. The molecule has 0 radical (unpaired) electrons. The van der Waals surface area contributed by atoms with E-state index in [-0.39, 0.29) is 0 Å². The van der Waals surface area contributed by atoms with E-state index in [1.165, 1.54) is 11.3 Å². The normalized spacial score (nSPS) is 10.7. The monoisotopic (exact) mass is 363 g/mol. The summed E-state index contributed by atoms with van der Waals surface area (Å²) in [5.41, 5.74) is 0.986. The summed E-state index contributed by atoms with van der Waals surface area (Å²) >= 11 is 1.48. The first-order valence-corrected chi connectivity index (χ1v) is 8.97. The molecule has 26 heavy (non-hydrogen) atoms. The van der Waals surface area contributed by atoms with Gasteiger partial charge in [0.25, 0.3) is 0 Å². The average Bonchev–Trinajstić information content (AvgIpc) is 3.14. The Balaban J connectivity index is 1.43. The van der Waals surface area contributed by atoms with Crippen LogP contribution in [0.15, 0.2) is 66.7 Å². The number of methoxy groups -OCH3 is 1. The lowest BCUT2D eigenvalue weighted by atomic mass is 10.1. The van der Waals surface area contributed by atoms with Gasteiger partial charge >= 0.3 is 0 Å². The molecule has 1 heterocycles. The average molecular weight is 363 g/mol. The number of hydrogen-bond acceptors (Lipinski definition) is 6. The van der Waals surface area contributed by atoms with Crippen molar-refractivity contribution in [2.45, 2.75) is 6.61 Å². The van der Waals surface area contributed by atoms with Crippen LogP contribution in [0.2, 0.25) is 0 Å². The zero-order valence-corrected chi connectivity index (χ0v) is 15.0. The SMILES string of the molecule is COc1ccc2ccc(OCc3nnc(Nc4ccccc4)s3)cc2c1. The van der Waals surface area contributed by atoms with Gasteiger partial charge in [0.15, 0.2) is 5.01 Å². The first-order chi connectivity index (χ1) is 12.8. The molecule has 0 bridgehead atoms. The number of rotatable bonds is 6. The lowest BCUT2D eigenvalue weighted by molar-refractivity contribution is 0.305. The molecule has 0 unspecified atom stereocenters. The molecule has 5 nitrogen and oxygen atoms in total. The van der Waals surface area contributed by atoms with E-state index in [2.05, 4.69) is 15.5 Å². The van der Waals surface area contributed by atoms with Crippen molar-refractivity contribution >= 4 is 32.9 Å². The number of para-hydroxylation sites is 1. The van der Waals surface area contributed by atoms with Gasteiger partial charge in [-0.25, -0.2) is 0 Å². The van der Waals surface area contributed by atoms with Crippen molar-refractivity contribution in [3.8, 4) is 11.5 Å². The summed E-state index contributed by atoms with van der Waals surface area (Å²) in [6.45, 7) is 0.379. The molecule has 4 aromatic rings. The molecule has 130 valence electrons. The molecule has 4 rings (SSSR count). The fourth-order valence-corrected chi connectivity index (χ4v) is 3.25. The molecular weight excluding hydrogens is 346 g/mol. The fraction of sp³-hybridized carbons (Fsp3) is 0.100. The third-order valence-electron chi connectivity index (χ3n) is 3.87. The van der Waals surface area contributed by atoms with E-state index >= 15 is 0 Å². The van der Waals surface area contributed by atoms with Crippen LogP contribution in [0.1, 0.15) is 5.01 Å². The molecule has 0 saturated carbocycles. The van der Waals surface area contributed by atoms with Gasteiger partial charge in [0, 0.05) is 5.69 Å². The molecule has 0 amide bonds. The number of fused-ring (bicyclic) bond motifs is 1. The van der Waals surface area contributed by atoms with Gasteiger partial charge in [-0.3, -0.25) is 0 Å². The Labute approximate surface area is 155 Å². The number of ether oxygens (including phenoxy) is 2. The van der Waals surface area contributed by atoms with Crippen molar-refractivity contribution in [2.75, 3.05) is 12.4 Å². The van der Waals surface area contributed by atoms with E-state index in [1.807, 2.05) is 66.7 Å². The molecule has 0 aliphatic heterocycles. The first kappa shape index (κ1) is 16.4. The number of aromatic nitrogens is 2. The minimum absolute atomic E-state index is 0.379. The zero-order chi connectivity index (χ0) is 17.8. The van der Waals surface area contributed by atoms with Gasteiger partial charge < -0.3 is 14.8 Å². The van der Waals surface area contributed by atoms with E-state index in [9.17, 15) is 0 Å². The number of hydrogen-bond donors (Lipinski definition) is 1. The summed E-state index contributed by atoms with van der Waals surface area (Å²) in [4.78, 5) is 0. The molecule has 0 atom stereocenters. The molecular formula is C20H17N3O2S. The second-order valence-electron chi connectivity index (χ2n) is 5.66. The molecule has 0 aliphatic rings. The second kappa shape index (κ2) is 7.41. The van der Waals surface area contributed by atoms with Gasteiger partial charge in [-0.05, 0) is 47.2 Å². The minimum Gasteiger partial charge on any atom is -0.497 e. The molecule has 1 aromatic heterocycles. The Kier molecular flexibility index (Phi) is 4.66. The van der Waals surface area contributed by atoms with Crippen molar-refractivity contribution in [1.82, 2.24) is 10.2 Å². The summed E-state index contributed by atoms with van der Waals surface area (Å²) in [5.74, 6) is 1.62. The Bertz CT molecular complexity index is 1020. The topological polar surface area (TPSA) is 56.3 Å². The van der Waals surface area contributed by atoms with Crippen LogP contribution >= 0.6 is 11.3 Å². The van der Waals surface area contributed by atoms with Gasteiger partial charge in [0.2, 0.25) is 5.13 Å². The van der Waals surface area contributed by atoms with Gasteiger partial charge in [-0.1, -0.05) is 41.7 Å². The van der Waals surface area contributed by atoms with Gasteiger partial charge in [-0.15, -0.1) is 10.2 Å². The maximum Gasteiger partial charge on any atom is 0.210 e. The highest BCUT2D eigenvalue weighted by molar-refractivity contribution is 7.15. The summed E-state index contributed by atoms with van der Waals surface area (Å²) < 4.78 is 11.2. The third kappa shape index (κ3) is 3.75. The van der Waals surface area contributed by atoms with Crippen LogP contribution in [-0.4, -0.2) is 17.3 Å². The van der Waals surface area contributed by atoms with Gasteiger partial charge in [0.05, 0.1) is 7.11 Å². The highest BCUT2D eigenvalue weighted by atomic mass is 32.1. The van der Waals surface area contributed by atoms with Crippen molar-refractivity contribution in [3.63, 3.8) is 0 Å². The summed E-state index contributed by atoms with van der Waals surface area (Å²) in [6.07, 6.45) is 0. The molecule has 0 fully saturated rings. The molecule has 3 aromatic carbocycles. The van der Waals surface area contributed by atoms with E-state index < -0.39 is 0 Å². The maximum atomic E-state index is 5.88. The number of nitrogens with zero attached hydrogens (tertiary/aromatic N) is 2. The number of benzene rings is 3. The standard InChI is InChI=1S/C20H17N3O2S/c1-24-17-9-7-14-8-10-18(12-15(14)11-17)25-13-19-22-23-20(26-19)21-16-5-3-2-4-6-16/h2-12H,13H2,1H3,(H,21,23). The second-order valence-corrected chi connectivity index (χ2v) is 6.72. The predicted molar refractivity (Wildman–Crippen MR) is 104 cm³/mol. The molecule has 0 saturated heterocycles. The maximum absolute atomic E-state index is 5.88. The third-order valence-corrected chi connectivity index (χ3v) is 4.69. The van der Waals surface area contributed by atoms with Crippen LogP contribution in [0.3, 0.4) is 0 Å². The van der Waals surface area contributed by atoms with Crippen LogP contribution in [0.4, 0.5) is 10.8 Å². The van der Waals surface area contributed by atoms with Crippen LogP contribution in [0, 0.1) is 0 Å². The molecule has 6 heteroatoms.